The van der Waals surface area contributed by atoms with Crippen molar-refractivity contribution in [3.8, 4) is 17.2 Å². The summed E-state index contributed by atoms with van der Waals surface area (Å²) in [7, 11) is 0. The lowest BCUT2D eigenvalue weighted by Crippen LogP contribution is -2.29. The van der Waals surface area contributed by atoms with Gasteiger partial charge in [0, 0.05) is 16.3 Å². The van der Waals surface area contributed by atoms with E-state index in [4.69, 9.17) is 21.1 Å². The third kappa shape index (κ3) is 4.99. The van der Waals surface area contributed by atoms with Crippen LogP contribution in [0.4, 0.5) is 5.13 Å². The highest BCUT2D eigenvalue weighted by atomic mass is 35.5. The molecule has 0 bridgehead atoms. The van der Waals surface area contributed by atoms with Crippen molar-refractivity contribution < 1.29 is 29.3 Å². The Labute approximate surface area is 241 Å². The van der Waals surface area contributed by atoms with E-state index in [0.717, 1.165) is 16.9 Å². The first-order valence-electron chi connectivity index (χ1n) is 12.1. The summed E-state index contributed by atoms with van der Waals surface area (Å²) in [5, 5.41) is 30.8. The van der Waals surface area contributed by atoms with Crippen LogP contribution in [-0.4, -0.2) is 45.3 Å². The third-order valence-electron chi connectivity index (χ3n) is 6.32. The lowest BCUT2D eigenvalue weighted by Gasteiger charge is -2.23. The van der Waals surface area contributed by atoms with Crippen molar-refractivity contribution in [3.63, 3.8) is 0 Å². The van der Waals surface area contributed by atoms with Gasteiger partial charge < -0.3 is 19.7 Å². The molecule has 1 atom stereocenters. The molecule has 1 amide bonds. The molecule has 202 valence electrons. The number of thioether (sulfide) groups is 1. The Morgan fingerprint density at radius 2 is 1.80 bits per heavy atom. The number of aromatic hydroxyl groups is 1. The number of Topliss-reactive ketones (excluding diaryl/α,β-unsaturated/α-hetero) is 1. The summed E-state index contributed by atoms with van der Waals surface area (Å²) < 4.78 is 11.8. The van der Waals surface area contributed by atoms with Gasteiger partial charge in [-0.05, 0) is 53.6 Å². The first-order valence-corrected chi connectivity index (χ1v) is 14.3. The number of fused-ring (bicyclic) bond motifs is 1. The highest BCUT2D eigenvalue weighted by Gasteiger charge is 2.48. The number of amides is 1. The van der Waals surface area contributed by atoms with Crippen LogP contribution in [0, 0.1) is 0 Å². The van der Waals surface area contributed by atoms with E-state index in [9.17, 15) is 19.8 Å². The fourth-order valence-corrected chi connectivity index (χ4v) is 6.42. The molecule has 1 saturated heterocycles. The molecule has 40 heavy (non-hydrogen) atoms. The molecule has 2 N–H and O–H groups in total. The van der Waals surface area contributed by atoms with Crippen molar-refractivity contribution in [3.05, 3.63) is 94.0 Å². The average molecular weight is 594 g/mol. The molecule has 0 radical (unpaired) electrons. The number of anilines is 1. The highest BCUT2D eigenvalue weighted by molar-refractivity contribution is 8.00. The van der Waals surface area contributed by atoms with Crippen LogP contribution in [0.25, 0.3) is 5.76 Å². The molecular weight excluding hydrogens is 574 g/mol. The van der Waals surface area contributed by atoms with Crippen LogP contribution < -0.4 is 14.4 Å². The van der Waals surface area contributed by atoms with Crippen LogP contribution in [0.15, 0.2) is 76.6 Å². The summed E-state index contributed by atoms with van der Waals surface area (Å²) in [6.45, 7) is 0.753. The summed E-state index contributed by atoms with van der Waals surface area (Å²) in [5.74, 6) is -0.642. The largest absolute Gasteiger partial charge is 0.508 e. The first kappa shape index (κ1) is 26.2. The standard InChI is InChI=1S/C28H20ClN3O6S2/c29-18-7-4-15(5-8-18)14-39-28-31-30-27(40-28)32-23(16-2-1-3-19(33)12-16)22(25(35)26(32)36)24(34)17-6-9-20-21(13-17)38-11-10-37-20/h1-9,12-13,23,33-34H,10-11,14H2/b24-22+. The Morgan fingerprint density at radius 1 is 1.02 bits per heavy atom. The van der Waals surface area contributed by atoms with Crippen LogP contribution in [-0.2, 0) is 15.3 Å². The van der Waals surface area contributed by atoms with E-state index in [2.05, 4.69) is 10.2 Å². The zero-order valence-electron chi connectivity index (χ0n) is 20.6. The SMILES string of the molecule is O=C1C(=O)N(c2nnc(SCc3ccc(Cl)cc3)s2)C(c2cccc(O)c2)/C1=C(\O)c1ccc2c(c1)OCCO2. The molecule has 4 aromatic rings. The summed E-state index contributed by atoms with van der Waals surface area (Å²) >= 11 is 8.55. The third-order valence-corrected chi connectivity index (χ3v) is 8.70. The molecule has 2 aliphatic rings. The van der Waals surface area contributed by atoms with Crippen molar-refractivity contribution in [1.29, 1.82) is 0 Å². The second-order valence-corrected chi connectivity index (χ2v) is 11.5. The topological polar surface area (TPSA) is 122 Å². The predicted molar refractivity (Wildman–Crippen MR) is 151 cm³/mol. The number of hydrogen-bond acceptors (Lipinski definition) is 10. The maximum absolute atomic E-state index is 13.4. The molecule has 3 aromatic carbocycles. The minimum atomic E-state index is -1.05. The van der Waals surface area contributed by atoms with Crippen molar-refractivity contribution in [1.82, 2.24) is 10.2 Å². The number of phenolic OH excluding ortho intramolecular Hbond substituents is 1. The Bertz CT molecular complexity index is 1660. The molecule has 12 heteroatoms. The van der Waals surface area contributed by atoms with E-state index < -0.39 is 17.7 Å². The predicted octanol–water partition coefficient (Wildman–Crippen LogP) is 5.59. The summed E-state index contributed by atoms with van der Waals surface area (Å²) in [6, 6.07) is 17.4. The van der Waals surface area contributed by atoms with Gasteiger partial charge in [-0.1, -0.05) is 59.0 Å². The number of benzene rings is 3. The molecule has 0 saturated carbocycles. The Kier molecular flexibility index (Phi) is 7.09. The van der Waals surface area contributed by atoms with E-state index in [1.807, 2.05) is 12.1 Å². The fourth-order valence-electron chi connectivity index (χ4n) is 4.47. The van der Waals surface area contributed by atoms with Gasteiger partial charge >= 0.3 is 5.91 Å². The minimum absolute atomic E-state index is 0.0566. The molecule has 6 rings (SSSR count). The van der Waals surface area contributed by atoms with E-state index in [1.165, 1.54) is 28.8 Å². The van der Waals surface area contributed by atoms with Gasteiger partial charge in [0.2, 0.25) is 5.13 Å². The number of ketones is 1. The van der Waals surface area contributed by atoms with E-state index in [1.54, 1.807) is 42.5 Å². The Morgan fingerprint density at radius 3 is 2.58 bits per heavy atom. The lowest BCUT2D eigenvalue weighted by molar-refractivity contribution is -0.132. The highest BCUT2D eigenvalue weighted by Crippen LogP contribution is 2.45. The Hall–Kier alpha value is -4.06. The number of rotatable bonds is 6. The van der Waals surface area contributed by atoms with Gasteiger partial charge in [-0.2, -0.15) is 0 Å². The monoisotopic (exact) mass is 593 g/mol. The number of aliphatic hydroxyl groups is 1. The average Bonchev–Trinajstić information content (AvgIpc) is 3.54. The first-order chi connectivity index (χ1) is 19.4. The van der Waals surface area contributed by atoms with Gasteiger partial charge in [0.15, 0.2) is 15.8 Å². The number of carbonyl (C=O) groups excluding carboxylic acids is 2. The number of halogens is 1. The molecule has 1 fully saturated rings. The zero-order chi connectivity index (χ0) is 27.8. The molecule has 1 aromatic heterocycles. The second kappa shape index (κ2) is 10.8. The molecule has 0 aliphatic carbocycles. The number of carbonyl (C=O) groups is 2. The van der Waals surface area contributed by atoms with Crippen molar-refractivity contribution in [2.45, 2.75) is 16.1 Å². The number of phenols is 1. The van der Waals surface area contributed by atoms with Crippen molar-refractivity contribution in [2.24, 2.45) is 0 Å². The van der Waals surface area contributed by atoms with Gasteiger partial charge in [-0.3, -0.25) is 14.5 Å². The van der Waals surface area contributed by atoms with Gasteiger partial charge in [0.1, 0.15) is 24.7 Å². The number of aromatic nitrogens is 2. The minimum Gasteiger partial charge on any atom is -0.508 e. The fraction of sp³-hybridized carbons (Fsp3) is 0.143. The van der Waals surface area contributed by atoms with Crippen LogP contribution in [0.5, 0.6) is 17.2 Å². The van der Waals surface area contributed by atoms with Gasteiger partial charge in [0.05, 0.1) is 11.6 Å². The lowest BCUT2D eigenvalue weighted by atomic mass is 9.95. The number of ether oxygens (including phenoxy) is 2. The number of aliphatic hydroxyl groups excluding tert-OH is 1. The zero-order valence-corrected chi connectivity index (χ0v) is 23.0. The number of hydrogen-bond donors (Lipinski definition) is 2. The van der Waals surface area contributed by atoms with E-state index in [0.29, 0.717) is 45.4 Å². The van der Waals surface area contributed by atoms with Gasteiger partial charge in [-0.25, -0.2) is 0 Å². The van der Waals surface area contributed by atoms with Crippen molar-refractivity contribution >= 4 is 57.3 Å². The smallest absolute Gasteiger partial charge is 0.301 e. The Balaban J connectivity index is 1.38. The second-order valence-electron chi connectivity index (χ2n) is 8.89. The van der Waals surface area contributed by atoms with Crippen LogP contribution in [0.3, 0.4) is 0 Å². The van der Waals surface area contributed by atoms with E-state index >= 15 is 0 Å². The molecule has 1 unspecified atom stereocenters. The van der Waals surface area contributed by atoms with Crippen LogP contribution in [0.1, 0.15) is 22.7 Å². The maximum Gasteiger partial charge on any atom is 0.301 e. The van der Waals surface area contributed by atoms with Crippen LogP contribution in [0.2, 0.25) is 5.02 Å². The van der Waals surface area contributed by atoms with E-state index in [-0.39, 0.29) is 27.8 Å². The quantitative estimate of drug-likeness (QED) is 0.0968. The van der Waals surface area contributed by atoms with Crippen LogP contribution >= 0.6 is 34.7 Å². The summed E-state index contributed by atoms with van der Waals surface area (Å²) in [4.78, 5) is 28.0. The van der Waals surface area contributed by atoms with Crippen molar-refractivity contribution in [2.75, 3.05) is 18.1 Å². The molecule has 0 spiro atoms. The molecular formula is C28H20ClN3O6S2. The summed E-state index contributed by atoms with van der Waals surface area (Å²) in [6.07, 6.45) is 0. The molecule has 3 heterocycles. The molecule has 9 nitrogen and oxygen atoms in total. The molecule has 2 aliphatic heterocycles. The number of nitrogens with zero attached hydrogens (tertiary/aromatic N) is 3. The maximum atomic E-state index is 13.4. The van der Waals surface area contributed by atoms with Gasteiger partial charge in [0.25, 0.3) is 5.78 Å². The summed E-state index contributed by atoms with van der Waals surface area (Å²) in [5.41, 5.74) is 1.59. The van der Waals surface area contributed by atoms with Gasteiger partial charge in [-0.15, -0.1) is 10.2 Å². The normalized spacial score (nSPS) is 17.8.